The van der Waals surface area contributed by atoms with Gasteiger partial charge in [0.05, 0.1) is 5.41 Å². The average molecular weight is 492 g/mol. The van der Waals surface area contributed by atoms with Gasteiger partial charge in [-0.05, 0) is 69.3 Å². The van der Waals surface area contributed by atoms with Gasteiger partial charge >= 0.3 is 11.9 Å². The summed E-state index contributed by atoms with van der Waals surface area (Å²) in [5, 5.41) is 22.8. The second-order valence-electron chi connectivity index (χ2n) is 10.7. The Hall–Kier alpha value is -2.29. The predicted octanol–water partition coefficient (Wildman–Crippen LogP) is 2.98. The van der Waals surface area contributed by atoms with Gasteiger partial charge < -0.3 is 20.3 Å². The zero-order valence-corrected chi connectivity index (χ0v) is 20.7. The maximum atomic E-state index is 13.1. The largest absolute Gasteiger partial charge is 0.508 e. The standard InChI is InChI=1S/C25H33NO7S/c1-13(27)26-19(12-34)21(30)33-25(22(31)32)9-7-17-16-5-4-14-10-15(28)11-20(29)24(14,3)18(16)6-8-23(17,25)2/h10-11,16-19,28,34H,4-9,12H2,1-3H3,(H,26,27)(H,31,32)/t16?,17?,18?,19-,23?,24?,25?/m0/s1. The number of ether oxygens (including phenoxy) is 1. The van der Waals surface area contributed by atoms with E-state index in [1.54, 1.807) is 6.08 Å². The zero-order chi connectivity index (χ0) is 25.1. The van der Waals surface area contributed by atoms with E-state index in [-0.39, 0.29) is 41.5 Å². The van der Waals surface area contributed by atoms with Crippen molar-refractivity contribution in [1.29, 1.82) is 0 Å². The van der Waals surface area contributed by atoms with Gasteiger partial charge in [-0.25, -0.2) is 9.59 Å². The lowest BCUT2D eigenvalue weighted by atomic mass is 9.46. The molecule has 0 aliphatic heterocycles. The Morgan fingerprint density at radius 2 is 1.85 bits per heavy atom. The number of hydrogen-bond acceptors (Lipinski definition) is 7. The molecule has 186 valence electrons. The molecule has 8 nitrogen and oxygen atoms in total. The van der Waals surface area contributed by atoms with E-state index in [0.717, 1.165) is 12.0 Å². The number of carbonyl (C=O) groups excluding carboxylic acids is 3. The minimum atomic E-state index is -1.70. The van der Waals surface area contributed by atoms with Crippen LogP contribution in [-0.4, -0.2) is 51.2 Å². The lowest BCUT2D eigenvalue weighted by molar-refractivity contribution is -0.202. The molecule has 0 spiro atoms. The summed E-state index contributed by atoms with van der Waals surface area (Å²) in [7, 11) is 0. The number of carboxylic acid groups (broad SMARTS) is 1. The molecule has 0 aromatic heterocycles. The van der Waals surface area contributed by atoms with Crippen molar-refractivity contribution in [2.75, 3.05) is 5.75 Å². The molecule has 3 saturated carbocycles. The highest BCUT2D eigenvalue weighted by Crippen LogP contribution is 2.67. The number of aliphatic hydroxyl groups excluding tert-OH is 1. The van der Waals surface area contributed by atoms with Gasteiger partial charge in [-0.1, -0.05) is 12.5 Å². The quantitative estimate of drug-likeness (QED) is 0.344. The van der Waals surface area contributed by atoms with Crippen molar-refractivity contribution in [3.05, 3.63) is 23.5 Å². The lowest BCUT2D eigenvalue weighted by Crippen LogP contribution is -2.61. The maximum absolute atomic E-state index is 13.1. The minimum Gasteiger partial charge on any atom is -0.508 e. The number of fused-ring (bicyclic) bond motifs is 5. The van der Waals surface area contributed by atoms with Crippen LogP contribution in [0.4, 0.5) is 0 Å². The van der Waals surface area contributed by atoms with E-state index in [2.05, 4.69) is 17.9 Å². The van der Waals surface area contributed by atoms with Crippen LogP contribution < -0.4 is 5.32 Å². The van der Waals surface area contributed by atoms with E-state index in [1.165, 1.54) is 13.0 Å². The Morgan fingerprint density at radius 3 is 2.47 bits per heavy atom. The van der Waals surface area contributed by atoms with Gasteiger partial charge in [0.1, 0.15) is 11.8 Å². The number of amides is 1. The maximum Gasteiger partial charge on any atom is 0.348 e. The first-order valence-electron chi connectivity index (χ1n) is 11.9. The first-order valence-corrected chi connectivity index (χ1v) is 12.5. The van der Waals surface area contributed by atoms with Crippen LogP contribution >= 0.6 is 12.6 Å². The number of nitrogens with one attached hydrogen (secondary N) is 1. The molecular weight excluding hydrogens is 458 g/mol. The molecule has 0 radical (unpaired) electrons. The van der Waals surface area contributed by atoms with E-state index in [0.29, 0.717) is 25.7 Å². The number of ketones is 1. The highest BCUT2D eigenvalue weighted by atomic mass is 32.1. The number of hydrogen-bond donors (Lipinski definition) is 4. The summed E-state index contributed by atoms with van der Waals surface area (Å²) in [6.07, 6.45) is 6.36. The third kappa shape index (κ3) is 3.41. The minimum absolute atomic E-state index is 0.00506. The summed E-state index contributed by atoms with van der Waals surface area (Å²) in [6.45, 7) is 5.13. The normalized spacial score (nSPS) is 39.5. The van der Waals surface area contributed by atoms with Gasteiger partial charge in [0.25, 0.3) is 0 Å². The van der Waals surface area contributed by atoms with E-state index in [4.69, 9.17) is 4.74 Å². The fourth-order valence-electron chi connectivity index (χ4n) is 7.52. The summed E-state index contributed by atoms with van der Waals surface area (Å²) >= 11 is 4.12. The number of rotatable bonds is 5. The lowest BCUT2D eigenvalue weighted by Gasteiger charge is -2.57. The Balaban J connectivity index is 1.65. The molecular formula is C25H33NO7S. The van der Waals surface area contributed by atoms with Gasteiger partial charge in [0, 0.05) is 24.2 Å². The summed E-state index contributed by atoms with van der Waals surface area (Å²) in [5.74, 6) is -2.39. The summed E-state index contributed by atoms with van der Waals surface area (Å²) < 4.78 is 5.81. The van der Waals surface area contributed by atoms with E-state index >= 15 is 0 Å². The molecule has 0 aromatic carbocycles. The number of aliphatic carboxylic acids is 1. The topological polar surface area (TPSA) is 130 Å². The predicted molar refractivity (Wildman–Crippen MR) is 126 cm³/mol. The van der Waals surface area contributed by atoms with Crippen LogP contribution in [0.1, 0.15) is 59.3 Å². The molecule has 3 N–H and O–H groups in total. The summed E-state index contributed by atoms with van der Waals surface area (Å²) in [4.78, 5) is 50.2. The number of thiol groups is 1. The van der Waals surface area contributed by atoms with Crippen LogP contribution in [0.15, 0.2) is 23.5 Å². The molecule has 4 aliphatic rings. The second kappa shape index (κ2) is 8.43. The molecule has 0 heterocycles. The SMILES string of the molecule is CC(=O)N[C@@H](CS)C(=O)OC1(C(=O)O)CCC2C3CCC4=CC(O)=CC(=O)C4(C)C3CCC21C. The van der Waals surface area contributed by atoms with Crippen molar-refractivity contribution in [2.45, 2.75) is 70.9 Å². The van der Waals surface area contributed by atoms with Gasteiger partial charge in [0.15, 0.2) is 5.78 Å². The van der Waals surface area contributed by atoms with Gasteiger partial charge in [-0.2, -0.15) is 12.6 Å². The Bertz CT molecular complexity index is 1010. The van der Waals surface area contributed by atoms with Gasteiger partial charge in [-0.3, -0.25) is 9.59 Å². The van der Waals surface area contributed by atoms with Crippen molar-refractivity contribution in [3.8, 4) is 0 Å². The van der Waals surface area contributed by atoms with E-state index in [1.807, 2.05) is 13.8 Å². The van der Waals surface area contributed by atoms with Crippen LogP contribution in [-0.2, 0) is 23.9 Å². The van der Waals surface area contributed by atoms with Crippen molar-refractivity contribution >= 4 is 36.3 Å². The van der Waals surface area contributed by atoms with Crippen LogP contribution in [0.25, 0.3) is 0 Å². The molecule has 0 aromatic rings. The first-order chi connectivity index (χ1) is 15.9. The molecule has 34 heavy (non-hydrogen) atoms. The number of carbonyl (C=O) groups is 4. The van der Waals surface area contributed by atoms with Crippen LogP contribution in [0, 0.1) is 28.6 Å². The highest BCUT2D eigenvalue weighted by Gasteiger charge is 2.70. The van der Waals surface area contributed by atoms with Crippen LogP contribution in [0.2, 0.25) is 0 Å². The number of allylic oxidation sites excluding steroid dienone is 3. The molecule has 4 rings (SSSR count). The van der Waals surface area contributed by atoms with Crippen molar-refractivity contribution in [2.24, 2.45) is 28.6 Å². The molecule has 0 bridgehead atoms. The number of esters is 1. The van der Waals surface area contributed by atoms with Crippen LogP contribution in [0.5, 0.6) is 0 Å². The fraction of sp³-hybridized carbons (Fsp3) is 0.680. The Morgan fingerprint density at radius 1 is 1.18 bits per heavy atom. The Labute approximate surface area is 204 Å². The number of aliphatic hydroxyl groups is 1. The fourth-order valence-corrected chi connectivity index (χ4v) is 7.76. The van der Waals surface area contributed by atoms with Crippen molar-refractivity contribution in [3.63, 3.8) is 0 Å². The first kappa shape index (κ1) is 24.8. The molecule has 6 unspecified atom stereocenters. The molecule has 0 saturated heterocycles. The summed E-state index contributed by atoms with van der Waals surface area (Å²) in [5.41, 5.74) is -2.27. The van der Waals surface area contributed by atoms with Crippen molar-refractivity contribution in [1.82, 2.24) is 5.32 Å². The van der Waals surface area contributed by atoms with Gasteiger partial charge in [0.2, 0.25) is 11.5 Å². The monoisotopic (exact) mass is 491 g/mol. The zero-order valence-electron chi connectivity index (χ0n) is 19.8. The number of carboxylic acids is 1. The molecule has 1 amide bonds. The van der Waals surface area contributed by atoms with E-state index in [9.17, 15) is 29.4 Å². The molecule has 9 heteroatoms. The average Bonchev–Trinajstić information content (AvgIpc) is 3.06. The van der Waals surface area contributed by atoms with Gasteiger partial charge in [-0.15, -0.1) is 0 Å². The van der Waals surface area contributed by atoms with Crippen molar-refractivity contribution < 1.29 is 34.1 Å². The van der Waals surface area contributed by atoms with E-state index < -0.39 is 40.3 Å². The molecule has 4 aliphatic carbocycles. The van der Waals surface area contributed by atoms with Crippen LogP contribution in [0.3, 0.4) is 0 Å². The highest BCUT2D eigenvalue weighted by molar-refractivity contribution is 7.80. The second-order valence-corrected chi connectivity index (χ2v) is 11.1. The Kier molecular flexibility index (Phi) is 6.15. The molecule has 7 atom stereocenters. The summed E-state index contributed by atoms with van der Waals surface area (Å²) in [6, 6.07) is -1.03. The third-order valence-corrected chi connectivity index (χ3v) is 9.66. The smallest absolute Gasteiger partial charge is 0.348 e. The third-order valence-electron chi connectivity index (χ3n) is 9.29. The molecule has 3 fully saturated rings.